The molecule has 0 saturated carbocycles. The number of hydrogen-bond acceptors (Lipinski definition) is 4. The van der Waals surface area contributed by atoms with E-state index in [4.69, 9.17) is 5.73 Å². The van der Waals surface area contributed by atoms with E-state index in [0.717, 1.165) is 16.3 Å². The van der Waals surface area contributed by atoms with Gasteiger partial charge in [0.15, 0.2) is 0 Å². The summed E-state index contributed by atoms with van der Waals surface area (Å²) in [6.07, 6.45) is 0. The zero-order chi connectivity index (χ0) is 18.0. The minimum atomic E-state index is -0.580. The molecule has 3 aromatic rings. The van der Waals surface area contributed by atoms with Crippen molar-refractivity contribution in [3.63, 3.8) is 0 Å². The van der Waals surface area contributed by atoms with Gasteiger partial charge in [0.05, 0.1) is 11.0 Å². The normalized spacial score (nSPS) is 11.9. The number of nitro groups is 1. The number of carbonyl (C=O) groups is 1. The van der Waals surface area contributed by atoms with Crippen molar-refractivity contribution in [2.45, 2.75) is 13.0 Å². The molecule has 6 heteroatoms. The first kappa shape index (κ1) is 16.4. The van der Waals surface area contributed by atoms with E-state index in [1.807, 2.05) is 30.3 Å². The average molecular weight is 335 g/mol. The van der Waals surface area contributed by atoms with E-state index < -0.39 is 11.0 Å². The Morgan fingerprint density at radius 3 is 2.60 bits per heavy atom. The number of anilines is 1. The Morgan fingerprint density at radius 2 is 1.88 bits per heavy atom. The Morgan fingerprint density at radius 1 is 1.12 bits per heavy atom. The molecule has 0 aliphatic rings. The van der Waals surface area contributed by atoms with Crippen LogP contribution >= 0.6 is 0 Å². The number of nitrogens with zero attached hydrogens (tertiary/aromatic N) is 1. The van der Waals surface area contributed by atoms with Gasteiger partial charge in [-0.3, -0.25) is 14.9 Å². The minimum Gasteiger partial charge on any atom is -0.398 e. The van der Waals surface area contributed by atoms with Crippen LogP contribution in [-0.2, 0) is 4.79 Å². The third kappa shape index (κ3) is 3.28. The zero-order valence-electron chi connectivity index (χ0n) is 13.6. The molecule has 3 rings (SSSR count). The van der Waals surface area contributed by atoms with Crippen LogP contribution in [0.3, 0.4) is 0 Å². The maximum absolute atomic E-state index is 11.8. The fourth-order valence-electron chi connectivity index (χ4n) is 2.98. The van der Waals surface area contributed by atoms with E-state index in [-0.39, 0.29) is 11.6 Å². The van der Waals surface area contributed by atoms with E-state index in [0.29, 0.717) is 11.3 Å². The summed E-state index contributed by atoms with van der Waals surface area (Å²) in [5.41, 5.74) is 8.03. The Balaban J connectivity index is 2.24. The fourth-order valence-corrected chi connectivity index (χ4v) is 2.98. The molecule has 0 bridgehead atoms. The molecule has 0 aromatic heterocycles. The monoisotopic (exact) mass is 335 g/mol. The summed E-state index contributed by atoms with van der Waals surface area (Å²) in [5, 5.41) is 15.9. The second-order valence-electron chi connectivity index (χ2n) is 5.78. The smallest absolute Gasteiger partial charge is 0.269 e. The number of fused-ring (bicyclic) bond motifs is 1. The minimum absolute atomic E-state index is 0.0355. The molecular formula is C19H17N3O3. The van der Waals surface area contributed by atoms with E-state index in [9.17, 15) is 14.9 Å². The largest absolute Gasteiger partial charge is 0.398 e. The summed E-state index contributed by atoms with van der Waals surface area (Å²) in [4.78, 5) is 22.4. The van der Waals surface area contributed by atoms with Crippen molar-refractivity contribution in [2.24, 2.45) is 0 Å². The van der Waals surface area contributed by atoms with Gasteiger partial charge in [0.2, 0.25) is 5.91 Å². The van der Waals surface area contributed by atoms with Crippen LogP contribution < -0.4 is 11.1 Å². The molecule has 6 nitrogen and oxygen atoms in total. The second-order valence-corrected chi connectivity index (χ2v) is 5.78. The molecule has 0 aliphatic carbocycles. The topological polar surface area (TPSA) is 98.3 Å². The van der Waals surface area contributed by atoms with Gasteiger partial charge in [0.25, 0.3) is 5.69 Å². The summed E-state index contributed by atoms with van der Waals surface area (Å²) in [6.45, 7) is 1.41. The molecule has 1 amide bonds. The van der Waals surface area contributed by atoms with Crippen LogP contribution in [0.15, 0.2) is 60.7 Å². The first-order valence-electron chi connectivity index (χ1n) is 7.76. The molecule has 0 aliphatic heterocycles. The summed E-state index contributed by atoms with van der Waals surface area (Å²) < 4.78 is 0. The highest BCUT2D eigenvalue weighted by molar-refractivity contribution is 5.91. The molecule has 0 heterocycles. The molecule has 25 heavy (non-hydrogen) atoms. The summed E-state index contributed by atoms with van der Waals surface area (Å²) >= 11 is 0. The van der Waals surface area contributed by atoms with E-state index >= 15 is 0 Å². The Kier molecular flexibility index (Phi) is 4.35. The number of nitrogen functional groups attached to an aromatic ring is 1. The third-order valence-electron chi connectivity index (χ3n) is 4.06. The molecule has 1 unspecified atom stereocenters. The first-order chi connectivity index (χ1) is 12.0. The number of amides is 1. The number of hydrogen-bond donors (Lipinski definition) is 2. The predicted molar refractivity (Wildman–Crippen MR) is 97.1 cm³/mol. The van der Waals surface area contributed by atoms with Crippen molar-refractivity contribution in [3.8, 4) is 0 Å². The SMILES string of the molecule is CC(=O)NC(c1cccc([N+](=O)[O-])c1)c1c(N)ccc2ccccc12. The summed E-state index contributed by atoms with van der Waals surface area (Å²) in [5.74, 6) is -0.246. The number of non-ortho nitro benzene ring substituents is 1. The lowest BCUT2D eigenvalue weighted by atomic mass is 9.92. The lowest BCUT2D eigenvalue weighted by Crippen LogP contribution is -2.27. The Bertz CT molecular complexity index is 969. The standard InChI is InChI=1S/C19H17N3O3/c1-12(23)21-19(14-6-4-7-15(11-14)22(24)25)18-16-8-3-2-5-13(16)9-10-17(18)20/h2-11,19H,20H2,1H3,(H,21,23). The number of nitrogens with one attached hydrogen (secondary N) is 1. The van der Waals surface area contributed by atoms with Crippen molar-refractivity contribution in [1.29, 1.82) is 0 Å². The van der Waals surface area contributed by atoms with Gasteiger partial charge >= 0.3 is 0 Å². The van der Waals surface area contributed by atoms with Crippen molar-refractivity contribution >= 4 is 28.1 Å². The van der Waals surface area contributed by atoms with Gasteiger partial charge in [-0.05, 0) is 22.4 Å². The molecule has 3 N–H and O–H groups in total. The van der Waals surface area contributed by atoms with Crippen LogP contribution in [0.5, 0.6) is 0 Å². The number of rotatable bonds is 4. The molecule has 126 valence electrons. The van der Waals surface area contributed by atoms with Crippen molar-refractivity contribution < 1.29 is 9.72 Å². The second kappa shape index (κ2) is 6.60. The van der Waals surface area contributed by atoms with Gasteiger partial charge in [-0.1, -0.05) is 42.5 Å². The summed E-state index contributed by atoms with van der Waals surface area (Å²) in [7, 11) is 0. The summed E-state index contributed by atoms with van der Waals surface area (Å²) in [6, 6.07) is 17.0. The van der Waals surface area contributed by atoms with Crippen LogP contribution in [0.25, 0.3) is 10.8 Å². The molecule has 0 saturated heterocycles. The highest BCUT2D eigenvalue weighted by atomic mass is 16.6. The van der Waals surface area contributed by atoms with Crippen molar-refractivity contribution in [3.05, 3.63) is 81.9 Å². The Hall–Kier alpha value is -3.41. The molecule has 0 radical (unpaired) electrons. The van der Waals surface area contributed by atoms with Crippen LogP contribution in [0.2, 0.25) is 0 Å². The van der Waals surface area contributed by atoms with Gasteiger partial charge in [0, 0.05) is 30.3 Å². The quantitative estimate of drug-likeness (QED) is 0.433. The number of carbonyl (C=O) groups excluding carboxylic acids is 1. The van der Waals surface area contributed by atoms with Gasteiger partial charge in [0.1, 0.15) is 0 Å². The lowest BCUT2D eigenvalue weighted by Gasteiger charge is -2.22. The number of benzene rings is 3. The predicted octanol–water partition coefficient (Wildman–Crippen LogP) is 3.56. The highest BCUT2D eigenvalue weighted by Crippen LogP contribution is 2.34. The van der Waals surface area contributed by atoms with Crippen molar-refractivity contribution in [1.82, 2.24) is 5.32 Å². The van der Waals surface area contributed by atoms with Crippen LogP contribution in [0.1, 0.15) is 24.1 Å². The van der Waals surface area contributed by atoms with Gasteiger partial charge in [-0.15, -0.1) is 0 Å². The molecule has 0 fully saturated rings. The number of nitro benzene ring substituents is 1. The van der Waals surface area contributed by atoms with E-state index in [2.05, 4.69) is 5.32 Å². The molecular weight excluding hydrogens is 318 g/mol. The van der Waals surface area contributed by atoms with Gasteiger partial charge in [-0.25, -0.2) is 0 Å². The molecule has 3 aromatic carbocycles. The number of nitrogens with two attached hydrogens (primary N) is 1. The van der Waals surface area contributed by atoms with E-state index in [1.54, 1.807) is 18.2 Å². The van der Waals surface area contributed by atoms with Crippen molar-refractivity contribution in [2.75, 3.05) is 5.73 Å². The van der Waals surface area contributed by atoms with E-state index in [1.165, 1.54) is 19.1 Å². The lowest BCUT2D eigenvalue weighted by molar-refractivity contribution is -0.384. The van der Waals surface area contributed by atoms with Gasteiger partial charge < -0.3 is 11.1 Å². The maximum Gasteiger partial charge on any atom is 0.269 e. The zero-order valence-corrected chi connectivity index (χ0v) is 13.6. The van der Waals surface area contributed by atoms with Crippen LogP contribution in [-0.4, -0.2) is 10.8 Å². The fraction of sp³-hybridized carbons (Fsp3) is 0.105. The van der Waals surface area contributed by atoms with Crippen LogP contribution in [0.4, 0.5) is 11.4 Å². The highest BCUT2D eigenvalue weighted by Gasteiger charge is 2.22. The third-order valence-corrected chi connectivity index (χ3v) is 4.06. The maximum atomic E-state index is 11.8. The first-order valence-corrected chi connectivity index (χ1v) is 7.76. The van der Waals surface area contributed by atoms with Crippen LogP contribution in [0, 0.1) is 10.1 Å². The molecule has 0 spiro atoms. The average Bonchev–Trinajstić information content (AvgIpc) is 2.60. The Labute approximate surface area is 144 Å². The van der Waals surface area contributed by atoms with Gasteiger partial charge in [-0.2, -0.15) is 0 Å². The molecule has 1 atom stereocenters.